The average Bonchev–Trinajstić information content (AvgIpc) is 3.42. The normalized spacial score (nSPS) is 12.1. The number of hydrogen-bond donors (Lipinski definition) is 1. The second-order valence-electron chi connectivity index (χ2n) is 6.88. The quantitative estimate of drug-likeness (QED) is 0.535. The molecule has 1 aliphatic heterocycles. The van der Waals surface area contributed by atoms with Crippen molar-refractivity contribution in [1.29, 1.82) is 0 Å². The molecule has 3 heterocycles. The molecule has 0 spiro atoms. The van der Waals surface area contributed by atoms with Crippen molar-refractivity contribution in [1.82, 2.24) is 14.7 Å². The highest BCUT2D eigenvalue weighted by Crippen LogP contribution is 2.32. The number of fused-ring (bicyclic) bond motifs is 2. The van der Waals surface area contributed by atoms with Gasteiger partial charge in [-0.05, 0) is 54.1 Å². The predicted molar refractivity (Wildman–Crippen MR) is 110 cm³/mol. The van der Waals surface area contributed by atoms with Crippen molar-refractivity contribution in [3.8, 4) is 17.2 Å². The molecule has 1 amide bonds. The zero-order valence-electron chi connectivity index (χ0n) is 16.1. The topological polar surface area (TPSA) is 74.1 Å². The van der Waals surface area contributed by atoms with E-state index in [4.69, 9.17) is 14.2 Å². The fourth-order valence-corrected chi connectivity index (χ4v) is 3.25. The molecule has 0 unspecified atom stereocenters. The van der Waals surface area contributed by atoms with E-state index in [9.17, 15) is 4.79 Å². The van der Waals surface area contributed by atoms with E-state index < -0.39 is 0 Å². The lowest BCUT2D eigenvalue weighted by Crippen LogP contribution is -2.22. The monoisotopic (exact) mass is 401 g/mol. The summed E-state index contributed by atoms with van der Waals surface area (Å²) in [4.78, 5) is 16.9. The number of nitrogens with one attached hydrogen (secondary N) is 1. The Morgan fingerprint density at radius 1 is 1.07 bits per heavy atom. The van der Waals surface area contributed by atoms with Crippen LogP contribution in [0, 0.1) is 0 Å². The SMILES string of the molecule is O=C(NCc1ccc2c(c1)OCO2)c1ccc(OCc2cn3ccccc3n2)cc1. The zero-order valence-corrected chi connectivity index (χ0v) is 16.1. The van der Waals surface area contributed by atoms with Crippen LogP contribution in [0.4, 0.5) is 0 Å². The third-order valence-electron chi connectivity index (χ3n) is 4.81. The standard InChI is InChI=1S/C23H19N3O4/c27-23(24-12-16-4-9-20-21(11-16)30-15-29-20)17-5-7-19(8-6-17)28-14-18-13-26-10-2-1-3-22(26)25-18/h1-11,13H,12,14-15H2,(H,24,27). The molecule has 7 nitrogen and oxygen atoms in total. The van der Waals surface area contributed by atoms with Crippen LogP contribution in [-0.4, -0.2) is 22.1 Å². The summed E-state index contributed by atoms with van der Waals surface area (Å²) in [6.45, 7) is 0.996. The van der Waals surface area contributed by atoms with Crippen molar-refractivity contribution < 1.29 is 19.0 Å². The Kier molecular flexibility index (Phi) is 4.69. The molecule has 2 aromatic heterocycles. The number of nitrogens with zero attached hydrogens (tertiary/aromatic N) is 2. The van der Waals surface area contributed by atoms with E-state index in [1.54, 1.807) is 24.3 Å². The molecule has 0 bridgehead atoms. The molecule has 0 radical (unpaired) electrons. The van der Waals surface area contributed by atoms with Crippen LogP contribution in [0.15, 0.2) is 73.1 Å². The van der Waals surface area contributed by atoms with Crippen LogP contribution in [0.25, 0.3) is 5.65 Å². The smallest absolute Gasteiger partial charge is 0.251 e. The van der Waals surface area contributed by atoms with Gasteiger partial charge in [0.15, 0.2) is 11.5 Å². The first-order valence-electron chi connectivity index (χ1n) is 9.57. The van der Waals surface area contributed by atoms with Gasteiger partial charge in [-0.3, -0.25) is 4.79 Å². The average molecular weight is 401 g/mol. The lowest BCUT2D eigenvalue weighted by molar-refractivity contribution is 0.0950. The number of imidazole rings is 1. The second kappa shape index (κ2) is 7.79. The molecule has 0 saturated carbocycles. The summed E-state index contributed by atoms with van der Waals surface area (Å²) >= 11 is 0. The molecule has 0 atom stereocenters. The van der Waals surface area contributed by atoms with Crippen molar-refractivity contribution in [3.63, 3.8) is 0 Å². The van der Waals surface area contributed by atoms with E-state index in [0.717, 1.165) is 22.7 Å². The molecule has 1 aliphatic rings. The molecule has 7 heteroatoms. The first kappa shape index (κ1) is 18.1. The van der Waals surface area contributed by atoms with Crippen LogP contribution in [0.3, 0.4) is 0 Å². The van der Waals surface area contributed by atoms with Crippen molar-refractivity contribution in [3.05, 3.63) is 89.9 Å². The molecule has 5 rings (SSSR count). The van der Waals surface area contributed by atoms with Crippen LogP contribution in [0.5, 0.6) is 17.2 Å². The number of amides is 1. The fraction of sp³-hybridized carbons (Fsp3) is 0.130. The van der Waals surface area contributed by atoms with Gasteiger partial charge in [-0.2, -0.15) is 0 Å². The van der Waals surface area contributed by atoms with Crippen molar-refractivity contribution in [2.45, 2.75) is 13.2 Å². The van der Waals surface area contributed by atoms with Crippen molar-refractivity contribution >= 4 is 11.6 Å². The second-order valence-corrected chi connectivity index (χ2v) is 6.88. The largest absolute Gasteiger partial charge is 0.487 e. The van der Waals surface area contributed by atoms with Gasteiger partial charge in [-0.1, -0.05) is 12.1 Å². The minimum atomic E-state index is -0.153. The van der Waals surface area contributed by atoms with Crippen LogP contribution in [0.2, 0.25) is 0 Å². The van der Waals surface area contributed by atoms with E-state index in [1.807, 2.05) is 53.2 Å². The third kappa shape index (κ3) is 3.77. The zero-order chi connectivity index (χ0) is 20.3. The predicted octanol–water partition coefficient (Wildman–Crippen LogP) is 3.57. The lowest BCUT2D eigenvalue weighted by Gasteiger charge is -2.08. The summed E-state index contributed by atoms with van der Waals surface area (Å²) in [5.74, 6) is 1.96. The van der Waals surface area contributed by atoms with Gasteiger partial charge in [-0.25, -0.2) is 4.98 Å². The number of carbonyl (C=O) groups excluding carboxylic acids is 1. The Morgan fingerprint density at radius 2 is 1.93 bits per heavy atom. The van der Waals surface area contributed by atoms with Crippen LogP contribution in [0.1, 0.15) is 21.6 Å². The van der Waals surface area contributed by atoms with E-state index >= 15 is 0 Å². The van der Waals surface area contributed by atoms with Crippen molar-refractivity contribution in [2.75, 3.05) is 6.79 Å². The number of pyridine rings is 1. The number of carbonyl (C=O) groups is 1. The van der Waals surface area contributed by atoms with Gasteiger partial charge in [-0.15, -0.1) is 0 Å². The molecule has 4 aromatic rings. The van der Waals surface area contributed by atoms with E-state index in [0.29, 0.717) is 30.2 Å². The van der Waals surface area contributed by atoms with Gasteiger partial charge in [0.2, 0.25) is 6.79 Å². The highest BCUT2D eigenvalue weighted by Gasteiger charge is 2.13. The number of aromatic nitrogens is 2. The van der Waals surface area contributed by atoms with Gasteiger partial charge < -0.3 is 23.9 Å². The molecule has 0 saturated heterocycles. The Balaban J connectivity index is 1.16. The van der Waals surface area contributed by atoms with Gasteiger partial charge >= 0.3 is 0 Å². The van der Waals surface area contributed by atoms with Crippen molar-refractivity contribution in [2.24, 2.45) is 0 Å². The number of benzene rings is 2. The Hall–Kier alpha value is -4.00. The molecule has 150 valence electrons. The van der Waals surface area contributed by atoms with E-state index in [1.165, 1.54) is 0 Å². The van der Waals surface area contributed by atoms with Crippen LogP contribution >= 0.6 is 0 Å². The maximum absolute atomic E-state index is 12.4. The highest BCUT2D eigenvalue weighted by atomic mass is 16.7. The van der Waals surface area contributed by atoms with Gasteiger partial charge in [0.25, 0.3) is 5.91 Å². The summed E-state index contributed by atoms with van der Waals surface area (Å²) in [6.07, 6.45) is 3.89. The van der Waals surface area contributed by atoms with Gasteiger partial charge in [0, 0.05) is 24.5 Å². The summed E-state index contributed by atoms with van der Waals surface area (Å²) in [5, 5.41) is 2.91. The Labute approximate surface area is 172 Å². The minimum absolute atomic E-state index is 0.153. The first-order chi connectivity index (χ1) is 14.7. The van der Waals surface area contributed by atoms with Gasteiger partial charge in [0.1, 0.15) is 18.0 Å². The fourth-order valence-electron chi connectivity index (χ4n) is 3.25. The maximum Gasteiger partial charge on any atom is 0.251 e. The number of hydrogen-bond acceptors (Lipinski definition) is 5. The van der Waals surface area contributed by atoms with Crippen LogP contribution in [-0.2, 0) is 13.2 Å². The highest BCUT2D eigenvalue weighted by molar-refractivity contribution is 5.94. The molecular formula is C23H19N3O4. The molecule has 0 fully saturated rings. The molecular weight excluding hydrogens is 382 g/mol. The van der Waals surface area contributed by atoms with E-state index in [-0.39, 0.29) is 12.7 Å². The summed E-state index contributed by atoms with van der Waals surface area (Å²) < 4.78 is 18.4. The number of rotatable bonds is 6. The maximum atomic E-state index is 12.4. The van der Waals surface area contributed by atoms with E-state index in [2.05, 4.69) is 10.3 Å². The van der Waals surface area contributed by atoms with Crippen LogP contribution < -0.4 is 19.5 Å². The first-order valence-corrected chi connectivity index (χ1v) is 9.57. The molecule has 0 aliphatic carbocycles. The van der Waals surface area contributed by atoms with Gasteiger partial charge in [0.05, 0.1) is 5.69 Å². The summed E-state index contributed by atoms with van der Waals surface area (Å²) in [7, 11) is 0. The minimum Gasteiger partial charge on any atom is -0.487 e. The Bertz CT molecular complexity index is 1170. The third-order valence-corrected chi connectivity index (χ3v) is 4.81. The summed E-state index contributed by atoms with van der Waals surface area (Å²) in [5.41, 5.74) is 3.23. The molecule has 30 heavy (non-hydrogen) atoms. The number of ether oxygens (including phenoxy) is 3. The molecule has 2 aromatic carbocycles. The molecule has 1 N–H and O–H groups in total. The lowest BCUT2D eigenvalue weighted by atomic mass is 10.1. The Morgan fingerprint density at radius 3 is 2.80 bits per heavy atom. The summed E-state index contributed by atoms with van der Waals surface area (Å²) in [6, 6.07) is 18.5.